The molecule has 8 heteroatoms. The number of benzene rings is 1. The molecule has 3 aromatic rings. The van der Waals surface area contributed by atoms with E-state index in [1.807, 2.05) is 29.7 Å². The average Bonchev–Trinajstić information content (AvgIpc) is 3.10. The third-order valence-electron chi connectivity index (χ3n) is 2.64. The molecular formula is C12H11N5O2S. The van der Waals surface area contributed by atoms with Gasteiger partial charge >= 0.3 is 0 Å². The van der Waals surface area contributed by atoms with Crippen LogP contribution in [-0.2, 0) is 5.75 Å². The zero-order valence-corrected chi connectivity index (χ0v) is 11.1. The lowest BCUT2D eigenvalue weighted by Gasteiger charge is -1.92. The summed E-state index contributed by atoms with van der Waals surface area (Å²) in [6.45, 7) is 0. The Hall–Kier alpha value is -2.32. The molecule has 2 aromatic heterocycles. The van der Waals surface area contributed by atoms with Crippen molar-refractivity contribution < 1.29 is 9.32 Å². The number of amides is 1. The highest BCUT2D eigenvalue weighted by Gasteiger charge is 2.12. The highest BCUT2D eigenvalue weighted by atomic mass is 32.2. The lowest BCUT2D eigenvalue weighted by Crippen LogP contribution is -2.30. The van der Waals surface area contributed by atoms with Crippen LogP contribution in [0, 0.1) is 0 Å². The number of nitrogen functional groups attached to an aromatic ring is 1. The first-order valence-corrected chi connectivity index (χ1v) is 6.79. The van der Waals surface area contributed by atoms with Crippen LogP contribution in [0.1, 0.15) is 16.2 Å². The second-order valence-corrected chi connectivity index (χ2v) is 4.96. The van der Waals surface area contributed by atoms with Gasteiger partial charge in [0.05, 0.1) is 16.8 Å². The molecule has 0 atom stereocenters. The van der Waals surface area contributed by atoms with Crippen molar-refractivity contribution in [2.75, 3.05) is 0 Å². The van der Waals surface area contributed by atoms with E-state index in [2.05, 4.69) is 15.1 Å². The smallest absolute Gasteiger partial charge is 0.287 e. The number of nitrogens with zero attached hydrogens (tertiary/aromatic N) is 2. The fraction of sp³-hybridized carbons (Fsp3) is 0.0833. The van der Waals surface area contributed by atoms with E-state index >= 15 is 0 Å². The van der Waals surface area contributed by atoms with Gasteiger partial charge in [0.2, 0.25) is 0 Å². The number of imidazole rings is 1. The van der Waals surface area contributed by atoms with Crippen LogP contribution in [0.5, 0.6) is 0 Å². The van der Waals surface area contributed by atoms with Crippen molar-refractivity contribution in [2.24, 2.45) is 5.84 Å². The summed E-state index contributed by atoms with van der Waals surface area (Å²) in [5.74, 6) is 5.64. The molecule has 102 valence electrons. The first-order chi connectivity index (χ1) is 9.76. The number of carbonyl (C=O) groups is 1. The normalized spacial score (nSPS) is 10.8. The van der Waals surface area contributed by atoms with Crippen LogP contribution in [0.3, 0.4) is 0 Å². The molecule has 0 aliphatic carbocycles. The number of hydrogen-bond acceptors (Lipinski definition) is 6. The zero-order chi connectivity index (χ0) is 13.9. The van der Waals surface area contributed by atoms with Crippen LogP contribution in [0.25, 0.3) is 11.0 Å². The van der Waals surface area contributed by atoms with Gasteiger partial charge in [0.1, 0.15) is 5.76 Å². The summed E-state index contributed by atoms with van der Waals surface area (Å²) >= 11 is 1.47. The summed E-state index contributed by atoms with van der Waals surface area (Å²) in [5, 5.41) is 4.42. The van der Waals surface area contributed by atoms with Gasteiger partial charge in [0.15, 0.2) is 10.9 Å². The van der Waals surface area contributed by atoms with Crippen LogP contribution in [0.2, 0.25) is 0 Å². The standard InChI is InChI=1S/C12H11N5O2S/c13-16-11(18)10-5-7(19-17-10)6-20-12-14-8-3-1-2-4-9(8)15-12/h1-5H,6,13H2,(H,14,15)(H,16,18). The molecule has 0 saturated heterocycles. The van der Waals surface area contributed by atoms with Gasteiger partial charge in [0, 0.05) is 6.07 Å². The molecule has 1 amide bonds. The van der Waals surface area contributed by atoms with Crippen molar-refractivity contribution in [3.63, 3.8) is 0 Å². The number of thioether (sulfide) groups is 1. The Bertz CT molecular complexity index is 718. The third kappa shape index (κ3) is 2.51. The first-order valence-electron chi connectivity index (χ1n) is 5.80. The van der Waals surface area contributed by atoms with Crippen molar-refractivity contribution in [3.05, 3.63) is 41.8 Å². The number of nitrogens with two attached hydrogens (primary N) is 1. The minimum atomic E-state index is -0.478. The molecule has 1 aromatic carbocycles. The van der Waals surface area contributed by atoms with Crippen molar-refractivity contribution in [2.45, 2.75) is 10.9 Å². The lowest BCUT2D eigenvalue weighted by atomic mass is 10.3. The largest absolute Gasteiger partial charge is 0.360 e. The van der Waals surface area contributed by atoms with Crippen molar-refractivity contribution in [1.29, 1.82) is 0 Å². The highest BCUT2D eigenvalue weighted by molar-refractivity contribution is 7.98. The monoisotopic (exact) mass is 289 g/mol. The number of para-hydroxylation sites is 2. The van der Waals surface area contributed by atoms with Gasteiger partial charge in [-0.25, -0.2) is 10.8 Å². The van der Waals surface area contributed by atoms with Crippen molar-refractivity contribution in [3.8, 4) is 0 Å². The molecule has 0 radical (unpaired) electrons. The minimum Gasteiger partial charge on any atom is -0.360 e. The van der Waals surface area contributed by atoms with Crippen molar-refractivity contribution >= 4 is 28.7 Å². The van der Waals surface area contributed by atoms with Crippen LogP contribution in [0.4, 0.5) is 0 Å². The molecule has 0 spiro atoms. The average molecular weight is 289 g/mol. The third-order valence-corrected chi connectivity index (χ3v) is 3.54. The number of aromatic nitrogens is 3. The number of hydrazine groups is 1. The molecule has 0 aliphatic rings. The SMILES string of the molecule is NNC(=O)c1cc(CSc2nc3ccccc3[nH]2)on1. The Morgan fingerprint density at radius 3 is 3.10 bits per heavy atom. The number of hydrogen-bond donors (Lipinski definition) is 3. The topological polar surface area (TPSA) is 110 Å². The molecule has 7 nitrogen and oxygen atoms in total. The second kappa shape index (κ2) is 5.35. The molecule has 4 N–H and O–H groups in total. The first kappa shape index (κ1) is 12.7. The molecule has 0 unspecified atom stereocenters. The van der Waals surface area contributed by atoms with Gasteiger partial charge < -0.3 is 9.51 Å². The van der Waals surface area contributed by atoms with Crippen LogP contribution < -0.4 is 11.3 Å². The van der Waals surface area contributed by atoms with E-state index in [4.69, 9.17) is 10.4 Å². The van der Waals surface area contributed by atoms with Gasteiger partial charge in [0.25, 0.3) is 5.91 Å². The van der Waals surface area contributed by atoms with Crippen LogP contribution >= 0.6 is 11.8 Å². The van der Waals surface area contributed by atoms with Gasteiger partial charge in [-0.1, -0.05) is 29.1 Å². The number of fused-ring (bicyclic) bond motifs is 1. The molecule has 0 fully saturated rings. The summed E-state index contributed by atoms with van der Waals surface area (Å²) < 4.78 is 5.05. The molecule has 0 bridgehead atoms. The van der Waals surface area contributed by atoms with Crippen LogP contribution in [0.15, 0.2) is 40.0 Å². The second-order valence-electron chi connectivity index (χ2n) is 4.00. The summed E-state index contributed by atoms with van der Waals surface area (Å²) in [6.07, 6.45) is 0. The quantitative estimate of drug-likeness (QED) is 0.290. The number of rotatable bonds is 4. The number of H-pyrrole nitrogens is 1. The maximum absolute atomic E-state index is 11.2. The zero-order valence-electron chi connectivity index (χ0n) is 10.3. The van der Waals surface area contributed by atoms with E-state index in [0.29, 0.717) is 11.5 Å². The summed E-state index contributed by atoms with van der Waals surface area (Å²) in [5.41, 5.74) is 4.05. The molecule has 20 heavy (non-hydrogen) atoms. The fourth-order valence-electron chi connectivity index (χ4n) is 1.70. The van der Waals surface area contributed by atoms with Gasteiger partial charge in [-0.05, 0) is 12.1 Å². The van der Waals surface area contributed by atoms with Gasteiger partial charge in [-0.2, -0.15) is 0 Å². The number of aromatic amines is 1. The summed E-state index contributed by atoms with van der Waals surface area (Å²) in [4.78, 5) is 18.9. The Kier molecular flexibility index (Phi) is 3.40. The van der Waals surface area contributed by atoms with Crippen molar-refractivity contribution in [1.82, 2.24) is 20.6 Å². The summed E-state index contributed by atoms with van der Waals surface area (Å²) in [6, 6.07) is 9.34. The molecule has 0 aliphatic heterocycles. The van der Waals surface area contributed by atoms with E-state index in [0.717, 1.165) is 16.2 Å². The lowest BCUT2D eigenvalue weighted by molar-refractivity contribution is 0.0944. The molecular weight excluding hydrogens is 278 g/mol. The fourth-order valence-corrected chi connectivity index (χ4v) is 2.46. The molecule has 0 saturated carbocycles. The summed E-state index contributed by atoms with van der Waals surface area (Å²) in [7, 11) is 0. The van der Waals surface area contributed by atoms with E-state index in [9.17, 15) is 4.79 Å². The number of carbonyl (C=O) groups excluding carboxylic acids is 1. The Morgan fingerprint density at radius 1 is 1.45 bits per heavy atom. The number of nitrogens with one attached hydrogen (secondary N) is 2. The Labute approximate surface area is 117 Å². The maximum Gasteiger partial charge on any atom is 0.287 e. The van der Waals surface area contributed by atoms with Gasteiger partial charge in [-0.15, -0.1) is 0 Å². The maximum atomic E-state index is 11.2. The predicted octanol–water partition coefficient (Wildman–Crippen LogP) is 1.45. The molecule has 3 rings (SSSR count). The predicted molar refractivity (Wildman–Crippen MR) is 73.8 cm³/mol. The Balaban J connectivity index is 1.69. The van der Waals surface area contributed by atoms with E-state index < -0.39 is 5.91 Å². The van der Waals surface area contributed by atoms with E-state index in [1.54, 1.807) is 6.07 Å². The Morgan fingerprint density at radius 2 is 2.30 bits per heavy atom. The van der Waals surface area contributed by atoms with E-state index in [1.165, 1.54) is 11.8 Å². The van der Waals surface area contributed by atoms with E-state index in [-0.39, 0.29) is 5.69 Å². The highest BCUT2D eigenvalue weighted by Crippen LogP contribution is 2.23. The van der Waals surface area contributed by atoms with Gasteiger partial charge in [-0.3, -0.25) is 10.2 Å². The minimum absolute atomic E-state index is 0.160. The molecule has 2 heterocycles. The van der Waals surface area contributed by atoms with Crippen LogP contribution in [-0.4, -0.2) is 21.0 Å².